The third-order valence-corrected chi connectivity index (χ3v) is 3.97. The van der Waals surface area contributed by atoms with Crippen LogP contribution in [0.15, 0.2) is 18.2 Å². The third kappa shape index (κ3) is 2.56. The van der Waals surface area contributed by atoms with E-state index in [4.69, 9.17) is 18.0 Å². The molecule has 86 valence electrons. The number of rotatable bonds is 2. The molecule has 2 rings (SSSR count). The highest BCUT2D eigenvalue weighted by Gasteiger charge is 2.16. The van der Waals surface area contributed by atoms with Crippen LogP contribution in [0.5, 0.6) is 0 Å². The normalized spacial score (nSPS) is 17.4. The second-order valence-corrected chi connectivity index (χ2v) is 5.72. The molecule has 0 unspecified atom stereocenters. The van der Waals surface area contributed by atoms with Crippen LogP contribution in [0.3, 0.4) is 0 Å². The maximum Gasteiger partial charge on any atom is 0.129 e. The lowest BCUT2D eigenvalue weighted by Crippen LogP contribution is -2.38. The molecule has 1 aliphatic rings. The molecule has 0 spiro atoms. The zero-order valence-electron chi connectivity index (χ0n) is 8.76. The minimum atomic E-state index is -0.669. The van der Waals surface area contributed by atoms with Crippen molar-refractivity contribution < 1.29 is 4.21 Å². The van der Waals surface area contributed by atoms with Crippen molar-refractivity contribution in [3.05, 3.63) is 23.9 Å². The minimum Gasteiger partial charge on any atom is -0.388 e. The highest BCUT2D eigenvalue weighted by Crippen LogP contribution is 2.13. The molecule has 1 aromatic heterocycles. The summed E-state index contributed by atoms with van der Waals surface area (Å²) in [7, 11) is -0.669. The number of thiocarbonyl (C=S) groups is 1. The maximum atomic E-state index is 11.2. The molecule has 1 saturated heterocycles. The van der Waals surface area contributed by atoms with E-state index in [-0.39, 0.29) is 0 Å². The Morgan fingerprint density at radius 3 is 2.75 bits per heavy atom. The van der Waals surface area contributed by atoms with Gasteiger partial charge in [-0.1, -0.05) is 18.3 Å². The highest BCUT2D eigenvalue weighted by molar-refractivity contribution is 7.85. The Hall–Kier alpha value is -1.01. The monoisotopic (exact) mass is 255 g/mol. The summed E-state index contributed by atoms with van der Waals surface area (Å²) >= 11 is 4.89. The van der Waals surface area contributed by atoms with Gasteiger partial charge < -0.3 is 10.6 Å². The van der Waals surface area contributed by atoms with Gasteiger partial charge in [0.1, 0.15) is 10.8 Å². The van der Waals surface area contributed by atoms with Gasteiger partial charge in [0.25, 0.3) is 0 Å². The molecule has 1 fully saturated rings. The lowest BCUT2D eigenvalue weighted by molar-refractivity contribution is 0.672. The van der Waals surface area contributed by atoms with Gasteiger partial charge in [0, 0.05) is 35.4 Å². The van der Waals surface area contributed by atoms with E-state index >= 15 is 0 Å². The van der Waals surface area contributed by atoms with Crippen molar-refractivity contribution in [1.29, 1.82) is 0 Å². The number of aromatic nitrogens is 1. The third-order valence-electron chi connectivity index (χ3n) is 2.49. The van der Waals surface area contributed by atoms with Crippen molar-refractivity contribution in [3.8, 4) is 0 Å². The smallest absolute Gasteiger partial charge is 0.129 e. The first-order valence-electron chi connectivity index (χ1n) is 5.03. The van der Waals surface area contributed by atoms with Crippen LogP contribution < -0.4 is 10.6 Å². The predicted octanol–water partition coefficient (Wildman–Crippen LogP) is 0.284. The average Bonchev–Trinajstić information content (AvgIpc) is 2.30. The number of nitrogens with two attached hydrogens (primary N) is 1. The topological polar surface area (TPSA) is 59.2 Å². The van der Waals surface area contributed by atoms with Crippen molar-refractivity contribution in [2.75, 3.05) is 29.5 Å². The summed E-state index contributed by atoms with van der Waals surface area (Å²) in [5.41, 5.74) is 6.17. The van der Waals surface area contributed by atoms with Crippen LogP contribution in [0.1, 0.15) is 5.69 Å². The Bertz CT molecular complexity index is 426. The molecule has 6 heteroatoms. The first-order chi connectivity index (χ1) is 7.66. The Morgan fingerprint density at radius 2 is 2.12 bits per heavy atom. The fourth-order valence-corrected chi connectivity index (χ4v) is 2.77. The zero-order chi connectivity index (χ0) is 11.5. The van der Waals surface area contributed by atoms with E-state index in [1.54, 1.807) is 6.07 Å². The Kier molecular flexibility index (Phi) is 3.50. The molecule has 2 N–H and O–H groups in total. The first-order valence-corrected chi connectivity index (χ1v) is 6.93. The largest absolute Gasteiger partial charge is 0.388 e. The molecule has 1 aliphatic heterocycles. The molecule has 0 amide bonds. The van der Waals surface area contributed by atoms with Gasteiger partial charge in [0.15, 0.2) is 0 Å². The molecule has 0 aliphatic carbocycles. The van der Waals surface area contributed by atoms with E-state index in [0.29, 0.717) is 22.2 Å². The van der Waals surface area contributed by atoms with E-state index in [1.165, 1.54) is 0 Å². The SMILES string of the molecule is NC(=S)c1cccc(N2CCS(=O)CC2)n1. The summed E-state index contributed by atoms with van der Waals surface area (Å²) in [5.74, 6) is 2.28. The second kappa shape index (κ2) is 4.88. The maximum absolute atomic E-state index is 11.2. The van der Waals surface area contributed by atoms with Crippen LogP contribution in [-0.2, 0) is 10.8 Å². The molecule has 16 heavy (non-hydrogen) atoms. The van der Waals surface area contributed by atoms with Crippen molar-refractivity contribution in [1.82, 2.24) is 4.98 Å². The van der Waals surface area contributed by atoms with Crippen molar-refractivity contribution in [2.24, 2.45) is 5.73 Å². The van der Waals surface area contributed by atoms with Crippen LogP contribution in [-0.4, -0.2) is 38.8 Å². The summed E-state index contributed by atoms with van der Waals surface area (Å²) in [6.07, 6.45) is 0. The Morgan fingerprint density at radius 1 is 1.44 bits per heavy atom. The van der Waals surface area contributed by atoms with E-state index in [2.05, 4.69) is 9.88 Å². The van der Waals surface area contributed by atoms with Gasteiger partial charge in [0.2, 0.25) is 0 Å². The predicted molar refractivity (Wildman–Crippen MR) is 70.2 cm³/mol. The molecule has 0 aromatic carbocycles. The van der Waals surface area contributed by atoms with Gasteiger partial charge in [-0.25, -0.2) is 4.98 Å². The Balaban J connectivity index is 2.17. The summed E-state index contributed by atoms with van der Waals surface area (Å²) in [6, 6.07) is 5.62. The fourth-order valence-electron chi connectivity index (χ4n) is 1.60. The zero-order valence-corrected chi connectivity index (χ0v) is 10.4. The van der Waals surface area contributed by atoms with Crippen molar-refractivity contribution >= 4 is 33.8 Å². The van der Waals surface area contributed by atoms with Gasteiger partial charge in [0.05, 0.1) is 5.69 Å². The van der Waals surface area contributed by atoms with Crippen LogP contribution in [0.25, 0.3) is 0 Å². The minimum absolute atomic E-state index is 0.308. The van der Waals surface area contributed by atoms with Gasteiger partial charge in [-0.3, -0.25) is 4.21 Å². The second-order valence-electron chi connectivity index (χ2n) is 3.58. The van der Waals surface area contributed by atoms with E-state index in [1.807, 2.05) is 12.1 Å². The standard InChI is InChI=1S/C10H13N3OS2/c11-10(15)8-2-1-3-9(12-8)13-4-6-16(14)7-5-13/h1-3H,4-7H2,(H2,11,15). The molecule has 4 nitrogen and oxygen atoms in total. The van der Waals surface area contributed by atoms with Crippen LogP contribution in [0.4, 0.5) is 5.82 Å². The summed E-state index contributed by atoms with van der Waals surface area (Å²) in [5, 5.41) is 0. The Labute approximate surface area is 102 Å². The molecule has 0 atom stereocenters. The quantitative estimate of drug-likeness (QED) is 0.770. The van der Waals surface area contributed by atoms with Crippen molar-refractivity contribution in [2.45, 2.75) is 0 Å². The first kappa shape index (κ1) is 11.5. The lowest BCUT2D eigenvalue weighted by Gasteiger charge is -2.27. The average molecular weight is 255 g/mol. The van der Waals surface area contributed by atoms with Crippen LogP contribution in [0.2, 0.25) is 0 Å². The van der Waals surface area contributed by atoms with E-state index in [0.717, 1.165) is 18.9 Å². The molecule has 2 heterocycles. The van der Waals surface area contributed by atoms with Gasteiger partial charge in [-0.2, -0.15) is 0 Å². The molecule has 0 radical (unpaired) electrons. The van der Waals surface area contributed by atoms with E-state index in [9.17, 15) is 4.21 Å². The van der Waals surface area contributed by atoms with E-state index < -0.39 is 10.8 Å². The molecule has 0 saturated carbocycles. The number of hydrogen-bond donors (Lipinski definition) is 1. The summed E-state index contributed by atoms with van der Waals surface area (Å²) in [4.78, 5) is 6.80. The number of hydrogen-bond acceptors (Lipinski definition) is 4. The number of nitrogens with zero attached hydrogens (tertiary/aromatic N) is 2. The molecular weight excluding hydrogens is 242 g/mol. The summed E-state index contributed by atoms with van der Waals surface area (Å²) in [6.45, 7) is 1.56. The molecular formula is C10H13N3OS2. The number of anilines is 1. The molecule has 1 aromatic rings. The lowest BCUT2D eigenvalue weighted by atomic mass is 10.3. The van der Waals surface area contributed by atoms with Crippen LogP contribution >= 0.6 is 12.2 Å². The highest BCUT2D eigenvalue weighted by atomic mass is 32.2. The van der Waals surface area contributed by atoms with Gasteiger partial charge in [-0.05, 0) is 12.1 Å². The fraction of sp³-hybridized carbons (Fsp3) is 0.400. The summed E-state index contributed by atoms with van der Waals surface area (Å²) < 4.78 is 11.2. The van der Waals surface area contributed by atoms with Gasteiger partial charge in [-0.15, -0.1) is 0 Å². The number of pyridine rings is 1. The van der Waals surface area contributed by atoms with Gasteiger partial charge >= 0.3 is 0 Å². The van der Waals surface area contributed by atoms with Crippen molar-refractivity contribution in [3.63, 3.8) is 0 Å². The van der Waals surface area contributed by atoms with Crippen LogP contribution in [0, 0.1) is 0 Å². The molecule has 0 bridgehead atoms.